The lowest BCUT2D eigenvalue weighted by Gasteiger charge is -2.12. The number of amides is 1. The van der Waals surface area contributed by atoms with E-state index < -0.39 is 0 Å². The molecule has 0 saturated carbocycles. The largest absolute Gasteiger partial charge is 0.492 e. The highest BCUT2D eigenvalue weighted by molar-refractivity contribution is 9.10. The summed E-state index contributed by atoms with van der Waals surface area (Å²) in [6.45, 7) is 5.52. The molecule has 0 atom stereocenters. The van der Waals surface area contributed by atoms with Crippen molar-refractivity contribution in [3.8, 4) is 5.75 Å². The number of rotatable bonds is 7. The van der Waals surface area contributed by atoms with Crippen LogP contribution in [0.5, 0.6) is 5.75 Å². The number of thiocarbonyl (C=S) groups is 1. The van der Waals surface area contributed by atoms with Crippen molar-refractivity contribution in [2.45, 2.75) is 26.8 Å². The summed E-state index contributed by atoms with van der Waals surface area (Å²) in [5.74, 6) is 1.06. The van der Waals surface area contributed by atoms with Crippen molar-refractivity contribution in [1.29, 1.82) is 0 Å². The van der Waals surface area contributed by atoms with Crippen LogP contribution in [-0.4, -0.2) is 17.6 Å². The van der Waals surface area contributed by atoms with Crippen molar-refractivity contribution < 1.29 is 9.53 Å². The first-order chi connectivity index (χ1) is 12.5. The summed E-state index contributed by atoms with van der Waals surface area (Å²) in [6, 6.07) is 15.1. The van der Waals surface area contributed by atoms with Crippen molar-refractivity contribution >= 4 is 39.2 Å². The van der Waals surface area contributed by atoms with E-state index >= 15 is 0 Å². The summed E-state index contributed by atoms with van der Waals surface area (Å²) in [5.41, 5.74) is 1.60. The van der Waals surface area contributed by atoms with Gasteiger partial charge < -0.3 is 10.1 Å². The molecule has 0 saturated heterocycles. The molecule has 0 aliphatic carbocycles. The third kappa shape index (κ3) is 6.77. The molecule has 26 heavy (non-hydrogen) atoms. The molecule has 6 heteroatoms. The smallest absolute Gasteiger partial charge is 0.257 e. The van der Waals surface area contributed by atoms with Crippen LogP contribution in [0, 0.1) is 5.92 Å². The molecule has 0 aliphatic heterocycles. The highest BCUT2D eigenvalue weighted by Crippen LogP contribution is 2.26. The van der Waals surface area contributed by atoms with Gasteiger partial charge in [0, 0.05) is 12.1 Å². The van der Waals surface area contributed by atoms with Gasteiger partial charge >= 0.3 is 0 Å². The van der Waals surface area contributed by atoms with Gasteiger partial charge in [0.2, 0.25) is 0 Å². The normalized spacial score (nSPS) is 10.5. The maximum atomic E-state index is 12.3. The minimum Gasteiger partial charge on any atom is -0.492 e. The lowest BCUT2D eigenvalue weighted by atomic mass is 10.1. The first-order valence-electron chi connectivity index (χ1n) is 8.51. The molecule has 0 bridgehead atoms. The van der Waals surface area contributed by atoms with Crippen LogP contribution in [0.15, 0.2) is 53.0 Å². The Hall–Kier alpha value is -1.92. The van der Waals surface area contributed by atoms with Gasteiger partial charge in [-0.25, -0.2) is 0 Å². The van der Waals surface area contributed by atoms with E-state index in [4.69, 9.17) is 17.0 Å². The van der Waals surface area contributed by atoms with Crippen LogP contribution >= 0.6 is 28.1 Å². The molecule has 2 N–H and O–H groups in total. The lowest BCUT2D eigenvalue weighted by molar-refractivity contribution is 0.0976. The Kier molecular flexibility index (Phi) is 8.06. The van der Waals surface area contributed by atoms with E-state index in [0.29, 0.717) is 29.7 Å². The standard InChI is InChI=1S/C20H23BrN2O2S/c1-14(2)10-11-25-18-9-8-16(12-17(18)21)19(24)23-20(26)22-13-15-6-4-3-5-7-15/h3-9,12,14H,10-11,13H2,1-2H3,(H2,22,23,24,26). The summed E-state index contributed by atoms with van der Waals surface area (Å²) >= 11 is 8.65. The molecular weight excluding hydrogens is 412 g/mol. The third-order valence-corrected chi connectivity index (χ3v) is 4.54. The van der Waals surface area contributed by atoms with Crippen LogP contribution in [0.1, 0.15) is 36.2 Å². The van der Waals surface area contributed by atoms with Crippen molar-refractivity contribution in [2.24, 2.45) is 5.92 Å². The molecule has 1 amide bonds. The number of nitrogens with one attached hydrogen (secondary N) is 2. The Labute approximate surface area is 168 Å². The van der Waals surface area contributed by atoms with Crippen LogP contribution in [0.25, 0.3) is 0 Å². The van der Waals surface area contributed by atoms with Crippen LogP contribution in [0.2, 0.25) is 0 Å². The maximum absolute atomic E-state index is 12.3. The van der Waals surface area contributed by atoms with Gasteiger partial charge in [-0.15, -0.1) is 0 Å². The van der Waals surface area contributed by atoms with Crippen LogP contribution in [0.3, 0.4) is 0 Å². The zero-order valence-corrected chi connectivity index (χ0v) is 17.3. The zero-order valence-electron chi connectivity index (χ0n) is 14.9. The second kappa shape index (κ2) is 10.3. The number of carbonyl (C=O) groups excluding carboxylic acids is 1. The molecule has 0 aliphatic rings. The van der Waals surface area contributed by atoms with Gasteiger partial charge in [0.25, 0.3) is 5.91 Å². The van der Waals surface area contributed by atoms with Gasteiger partial charge in [-0.1, -0.05) is 44.2 Å². The predicted molar refractivity (Wildman–Crippen MR) is 112 cm³/mol. The molecule has 0 radical (unpaired) electrons. The number of ether oxygens (including phenoxy) is 1. The van der Waals surface area contributed by atoms with E-state index in [0.717, 1.165) is 22.2 Å². The molecule has 4 nitrogen and oxygen atoms in total. The van der Waals surface area contributed by atoms with Crippen LogP contribution in [-0.2, 0) is 6.54 Å². The first kappa shape index (κ1) is 20.4. The van der Waals surface area contributed by atoms with Crippen molar-refractivity contribution in [3.05, 3.63) is 64.1 Å². The number of hydrogen-bond donors (Lipinski definition) is 2. The second-order valence-corrected chi connectivity index (χ2v) is 7.56. The summed E-state index contributed by atoms with van der Waals surface area (Å²) in [5, 5.41) is 6.02. The van der Waals surface area contributed by atoms with Crippen molar-refractivity contribution in [3.63, 3.8) is 0 Å². The Bertz CT molecular complexity index is 751. The van der Waals surface area contributed by atoms with Crippen molar-refractivity contribution in [1.82, 2.24) is 10.6 Å². The Morgan fingerprint density at radius 2 is 1.92 bits per heavy atom. The average Bonchev–Trinajstić information content (AvgIpc) is 2.62. The topological polar surface area (TPSA) is 50.4 Å². The molecule has 0 aromatic heterocycles. The number of halogens is 1. The summed E-state index contributed by atoms with van der Waals surface area (Å²) in [6.07, 6.45) is 0.982. The maximum Gasteiger partial charge on any atom is 0.257 e. The Balaban J connectivity index is 1.86. The molecule has 0 unspecified atom stereocenters. The summed E-state index contributed by atoms with van der Waals surface area (Å²) in [7, 11) is 0. The van der Waals surface area contributed by atoms with Gasteiger partial charge in [0.1, 0.15) is 5.75 Å². The number of benzene rings is 2. The summed E-state index contributed by atoms with van der Waals surface area (Å²) < 4.78 is 6.48. The van der Waals surface area contributed by atoms with Gasteiger partial charge in [0.15, 0.2) is 5.11 Å². The Morgan fingerprint density at radius 3 is 2.58 bits per heavy atom. The van der Waals surface area contributed by atoms with E-state index in [9.17, 15) is 4.79 Å². The first-order valence-corrected chi connectivity index (χ1v) is 9.71. The highest BCUT2D eigenvalue weighted by Gasteiger charge is 2.11. The molecule has 2 aromatic carbocycles. The zero-order chi connectivity index (χ0) is 18.9. The Morgan fingerprint density at radius 1 is 1.19 bits per heavy atom. The number of carbonyl (C=O) groups is 1. The fourth-order valence-electron chi connectivity index (χ4n) is 2.16. The van der Waals surface area contributed by atoms with Gasteiger partial charge in [-0.05, 0) is 64.2 Å². The molecule has 2 rings (SSSR count). The fraction of sp³-hybridized carbons (Fsp3) is 0.300. The van der Waals surface area contributed by atoms with E-state index in [1.807, 2.05) is 30.3 Å². The molecular formula is C20H23BrN2O2S. The average molecular weight is 435 g/mol. The molecule has 0 heterocycles. The molecule has 0 spiro atoms. The highest BCUT2D eigenvalue weighted by atomic mass is 79.9. The van der Waals surface area contributed by atoms with Gasteiger partial charge in [-0.3, -0.25) is 10.1 Å². The van der Waals surface area contributed by atoms with E-state index in [1.54, 1.807) is 18.2 Å². The van der Waals surface area contributed by atoms with Crippen LogP contribution in [0.4, 0.5) is 0 Å². The van der Waals surface area contributed by atoms with Gasteiger partial charge in [0.05, 0.1) is 11.1 Å². The summed E-state index contributed by atoms with van der Waals surface area (Å²) in [4.78, 5) is 12.3. The predicted octanol–water partition coefficient (Wildman–Crippen LogP) is 4.68. The van der Waals surface area contributed by atoms with E-state index in [1.165, 1.54) is 0 Å². The molecule has 138 valence electrons. The second-order valence-electron chi connectivity index (χ2n) is 6.30. The lowest BCUT2D eigenvalue weighted by Crippen LogP contribution is -2.38. The number of hydrogen-bond acceptors (Lipinski definition) is 3. The minimum absolute atomic E-state index is 0.259. The fourth-order valence-corrected chi connectivity index (χ4v) is 2.82. The van der Waals surface area contributed by atoms with E-state index in [2.05, 4.69) is 40.4 Å². The third-order valence-electron chi connectivity index (χ3n) is 3.67. The van der Waals surface area contributed by atoms with Crippen molar-refractivity contribution in [2.75, 3.05) is 6.61 Å². The quantitative estimate of drug-likeness (QED) is 0.621. The van der Waals surface area contributed by atoms with Crippen LogP contribution < -0.4 is 15.4 Å². The molecule has 0 fully saturated rings. The van der Waals surface area contributed by atoms with Gasteiger partial charge in [-0.2, -0.15) is 0 Å². The SMILES string of the molecule is CC(C)CCOc1ccc(C(=O)NC(=S)NCc2ccccc2)cc1Br. The molecule has 2 aromatic rings. The monoisotopic (exact) mass is 434 g/mol. The minimum atomic E-state index is -0.259. The van der Waals surface area contributed by atoms with E-state index in [-0.39, 0.29) is 5.91 Å².